The third-order valence-corrected chi connectivity index (χ3v) is 4.73. The van der Waals surface area contributed by atoms with E-state index < -0.39 is 22.2 Å². The van der Waals surface area contributed by atoms with Crippen molar-refractivity contribution in [2.45, 2.75) is 20.8 Å². The molecule has 1 aliphatic rings. The fourth-order valence-electron chi connectivity index (χ4n) is 2.98. The van der Waals surface area contributed by atoms with Crippen LogP contribution in [0.5, 0.6) is 0 Å². The summed E-state index contributed by atoms with van der Waals surface area (Å²) in [7, 11) is 0. The second kappa shape index (κ2) is 4.99. The van der Waals surface area contributed by atoms with E-state index in [1.807, 2.05) is 13.8 Å². The average molecular weight is 330 g/mol. The number of carbonyl (C=O) groups excluding carboxylic acids is 2. The van der Waals surface area contributed by atoms with Gasteiger partial charge in [-0.15, -0.1) is 0 Å². The molecule has 0 atom stereocenters. The summed E-state index contributed by atoms with van der Waals surface area (Å²) in [5.74, 6) is -0.973. The highest BCUT2D eigenvalue weighted by molar-refractivity contribution is 6.40. The van der Waals surface area contributed by atoms with Crippen molar-refractivity contribution in [3.05, 3.63) is 72.3 Å². The molecule has 6 heteroatoms. The number of rotatable bonds is 1. The number of halogens is 1. The van der Waals surface area contributed by atoms with Crippen LogP contribution in [0.1, 0.15) is 48.5 Å². The first-order valence-electron chi connectivity index (χ1n) is 6.92. The summed E-state index contributed by atoms with van der Waals surface area (Å²) >= 11 is 6.07. The van der Waals surface area contributed by atoms with Gasteiger partial charge >= 0.3 is 0 Å². The highest BCUT2D eigenvalue weighted by Gasteiger charge is 2.38. The van der Waals surface area contributed by atoms with Gasteiger partial charge in [-0.2, -0.15) is 0 Å². The maximum Gasteiger partial charge on any atom is 0.281 e. The van der Waals surface area contributed by atoms with Crippen molar-refractivity contribution in [1.29, 1.82) is 0 Å². The van der Waals surface area contributed by atoms with Gasteiger partial charge in [0.1, 0.15) is 5.56 Å². The topological polar surface area (TPSA) is 77.3 Å². The Kier molecular flexibility index (Phi) is 3.34. The smallest absolute Gasteiger partial charge is 0.281 e. The normalized spacial score (nSPS) is 12.9. The van der Waals surface area contributed by atoms with Crippen LogP contribution in [0.2, 0.25) is 5.02 Å². The molecule has 116 valence electrons. The minimum Gasteiger partial charge on any atom is -0.288 e. The van der Waals surface area contributed by atoms with E-state index in [1.165, 1.54) is 6.07 Å². The Morgan fingerprint density at radius 1 is 0.957 bits per heavy atom. The summed E-state index contributed by atoms with van der Waals surface area (Å²) in [6.45, 7) is 5.47. The van der Waals surface area contributed by atoms with Gasteiger partial charge < -0.3 is 0 Å². The Hall–Kier alpha value is -2.53. The largest absolute Gasteiger partial charge is 0.288 e. The van der Waals surface area contributed by atoms with Crippen LogP contribution in [0.3, 0.4) is 0 Å². The van der Waals surface area contributed by atoms with Crippen molar-refractivity contribution in [3.63, 3.8) is 0 Å². The van der Waals surface area contributed by atoms with Crippen LogP contribution < -0.4 is 0 Å². The third-order valence-electron chi connectivity index (χ3n) is 4.41. The molecule has 0 amide bonds. The lowest BCUT2D eigenvalue weighted by Crippen LogP contribution is -2.24. The second-order valence-electron chi connectivity index (χ2n) is 5.60. The molecule has 0 aliphatic heterocycles. The van der Waals surface area contributed by atoms with E-state index in [-0.39, 0.29) is 27.3 Å². The summed E-state index contributed by atoms with van der Waals surface area (Å²) in [5, 5.41) is 11.3. The predicted molar refractivity (Wildman–Crippen MR) is 85.6 cm³/mol. The molecule has 0 saturated heterocycles. The van der Waals surface area contributed by atoms with E-state index >= 15 is 0 Å². The number of hydrogen-bond donors (Lipinski definition) is 0. The monoisotopic (exact) mass is 329 g/mol. The molecule has 0 N–H and O–H groups in total. The predicted octanol–water partition coefficient (Wildman–Crippen LogP) is 3.95. The number of aryl methyl sites for hydroxylation is 1. The summed E-state index contributed by atoms with van der Waals surface area (Å²) in [6, 6.07) is 4.06. The van der Waals surface area contributed by atoms with Crippen LogP contribution in [0.4, 0.5) is 5.69 Å². The summed E-state index contributed by atoms with van der Waals surface area (Å²) in [4.78, 5) is 36.3. The number of ketones is 2. The van der Waals surface area contributed by atoms with E-state index in [4.69, 9.17) is 11.6 Å². The number of hydrogen-bond acceptors (Lipinski definition) is 4. The van der Waals surface area contributed by atoms with Crippen molar-refractivity contribution in [3.8, 4) is 0 Å². The molecule has 0 heterocycles. The lowest BCUT2D eigenvalue weighted by Gasteiger charge is -2.22. The first kappa shape index (κ1) is 15.4. The quantitative estimate of drug-likeness (QED) is 0.500. The number of fused-ring (bicyclic) bond motifs is 2. The van der Waals surface area contributed by atoms with Crippen LogP contribution in [-0.2, 0) is 0 Å². The molecular formula is C17H12ClNO4. The van der Waals surface area contributed by atoms with E-state index in [2.05, 4.69) is 0 Å². The molecule has 2 aromatic carbocycles. The first-order chi connectivity index (χ1) is 10.8. The fourth-order valence-corrected chi connectivity index (χ4v) is 3.23. The van der Waals surface area contributed by atoms with Crippen molar-refractivity contribution >= 4 is 28.9 Å². The molecule has 0 fully saturated rings. The Balaban J connectivity index is 2.45. The number of carbonyl (C=O) groups is 2. The van der Waals surface area contributed by atoms with Gasteiger partial charge in [-0.3, -0.25) is 19.7 Å². The standard InChI is InChI=1S/C17H12ClNO4/c1-7-6-10-13(9(3)8(7)2)17(21)14-11(18)4-5-12(19(22)23)15(14)16(10)20/h4-6H,1-3H3. The van der Waals surface area contributed by atoms with Crippen LogP contribution in [0.25, 0.3) is 0 Å². The van der Waals surface area contributed by atoms with Gasteiger partial charge in [0, 0.05) is 17.2 Å². The number of nitrogens with zero attached hydrogens (tertiary/aromatic N) is 1. The highest BCUT2D eigenvalue weighted by Crippen LogP contribution is 2.39. The van der Waals surface area contributed by atoms with E-state index in [0.717, 1.165) is 17.2 Å². The lowest BCUT2D eigenvalue weighted by atomic mass is 9.79. The molecule has 0 saturated carbocycles. The maximum absolute atomic E-state index is 12.9. The van der Waals surface area contributed by atoms with Gasteiger partial charge in [-0.1, -0.05) is 11.6 Å². The first-order valence-corrected chi connectivity index (χ1v) is 7.30. The lowest BCUT2D eigenvalue weighted by molar-refractivity contribution is -0.385. The Morgan fingerprint density at radius 2 is 1.61 bits per heavy atom. The molecule has 23 heavy (non-hydrogen) atoms. The van der Waals surface area contributed by atoms with Gasteiger partial charge in [-0.25, -0.2) is 0 Å². The number of benzene rings is 2. The molecule has 3 rings (SSSR count). The van der Waals surface area contributed by atoms with E-state index in [9.17, 15) is 19.7 Å². The Labute approximate surface area is 137 Å². The molecule has 0 radical (unpaired) electrons. The van der Waals surface area contributed by atoms with E-state index in [0.29, 0.717) is 5.56 Å². The minimum atomic E-state index is -0.667. The Morgan fingerprint density at radius 3 is 2.22 bits per heavy atom. The van der Waals surface area contributed by atoms with Crippen LogP contribution in [0.15, 0.2) is 18.2 Å². The van der Waals surface area contributed by atoms with Gasteiger partial charge in [-0.05, 0) is 49.6 Å². The van der Waals surface area contributed by atoms with Gasteiger partial charge in [0.15, 0.2) is 5.78 Å². The van der Waals surface area contributed by atoms with Gasteiger partial charge in [0.05, 0.1) is 15.5 Å². The van der Waals surface area contributed by atoms with Crippen molar-refractivity contribution in [1.82, 2.24) is 0 Å². The zero-order chi connectivity index (χ0) is 17.0. The SMILES string of the molecule is Cc1cc2c(c(C)c1C)C(=O)c1c(Cl)ccc([N+](=O)[O-])c1C2=O. The molecule has 0 unspecified atom stereocenters. The third kappa shape index (κ3) is 2.00. The fraction of sp³-hybridized carbons (Fsp3) is 0.176. The van der Waals surface area contributed by atoms with Crippen LogP contribution in [0, 0.1) is 30.9 Å². The van der Waals surface area contributed by atoms with Crippen molar-refractivity contribution in [2.24, 2.45) is 0 Å². The summed E-state index contributed by atoms with van der Waals surface area (Å²) in [5.41, 5.74) is 2.26. The van der Waals surface area contributed by atoms with Crippen molar-refractivity contribution < 1.29 is 14.5 Å². The average Bonchev–Trinajstić information content (AvgIpc) is 2.49. The zero-order valence-corrected chi connectivity index (χ0v) is 13.4. The van der Waals surface area contributed by atoms with Gasteiger partial charge in [0.2, 0.25) is 5.78 Å². The molecule has 0 spiro atoms. The van der Waals surface area contributed by atoms with Gasteiger partial charge in [0.25, 0.3) is 5.69 Å². The molecule has 0 bridgehead atoms. The van der Waals surface area contributed by atoms with Crippen molar-refractivity contribution in [2.75, 3.05) is 0 Å². The molecule has 0 aromatic heterocycles. The molecule has 5 nitrogen and oxygen atoms in total. The zero-order valence-electron chi connectivity index (χ0n) is 12.7. The minimum absolute atomic E-state index is 0.0484. The number of nitro benzene ring substituents is 1. The molecule has 2 aromatic rings. The summed E-state index contributed by atoms with van der Waals surface area (Å²) < 4.78 is 0. The molecular weight excluding hydrogens is 318 g/mol. The van der Waals surface area contributed by atoms with Crippen LogP contribution >= 0.6 is 11.6 Å². The highest BCUT2D eigenvalue weighted by atomic mass is 35.5. The second-order valence-corrected chi connectivity index (χ2v) is 6.01. The summed E-state index contributed by atoms with van der Waals surface area (Å²) in [6.07, 6.45) is 0. The Bertz CT molecular complexity index is 931. The molecule has 1 aliphatic carbocycles. The van der Waals surface area contributed by atoms with Crippen LogP contribution in [-0.4, -0.2) is 16.5 Å². The maximum atomic E-state index is 12.9. The number of nitro groups is 1. The van der Waals surface area contributed by atoms with E-state index in [1.54, 1.807) is 13.0 Å².